The maximum Gasteiger partial charge on any atom is 0.320 e. The van der Waals surface area contributed by atoms with Gasteiger partial charge in [0.05, 0.1) is 0 Å². The molecule has 4 heteroatoms. The molecule has 0 heterocycles. The predicted octanol–water partition coefficient (Wildman–Crippen LogP) is 0.800. The molecule has 0 fully saturated rings. The smallest absolute Gasteiger partial charge is 0.320 e. The second-order valence-electron chi connectivity index (χ2n) is 3.54. The Morgan fingerprint density at radius 3 is 2.67 bits per heavy atom. The Morgan fingerprint density at radius 1 is 1.60 bits per heavy atom. The Bertz CT molecular complexity index is 391. The average Bonchev–Trinajstić information content (AvgIpc) is 2.13. The standard InChI is InChI=1S/C11H13NO3/c1-6-3-8(4-9(12)11(14)15)5-10(13)7(6)2/h3,5,9H,2,4,12H2,1H3,(H,14,15). The first kappa shape index (κ1) is 11.4. The molecule has 0 bridgehead atoms. The normalized spacial score (nSPS) is 18.3. The third-order valence-corrected chi connectivity index (χ3v) is 2.26. The molecule has 0 radical (unpaired) electrons. The third kappa shape index (κ3) is 2.63. The van der Waals surface area contributed by atoms with Crippen molar-refractivity contribution in [2.45, 2.75) is 19.4 Å². The van der Waals surface area contributed by atoms with Gasteiger partial charge in [0.25, 0.3) is 0 Å². The summed E-state index contributed by atoms with van der Waals surface area (Å²) < 4.78 is 0. The van der Waals surface area contributed by atoms with Gasteiger partial charge in [-0.1, -0.05) is 12.7 Å². The van der Waals surface area contributed by atoms with Crippen LogP contribution in [0.15, 0.2) is 35.5 Å². The minimum Gasteiger partial charge on any atom is -0.480 e. The zero-order chi connectivity index (χ0) is 11.6. The maximum absolute atomic E-state index is 11.4. The summed E-state index contributed by atoms with van der Waals surface area (Å²) in [6.45, 7) is 5.38. The number of carboxylic acid groups (broad SMARTS) is 1. The van der Waals surface area contributed by atoms with Crippen LogP contribution in [-0.4, -0.2) is 22.9 Å². The van der Waals surface area contributed by atoms with Crippen LogP contribution < -0.4 is 5.73 Å². The molecule has 0 aromatic carbocycles. The highest BCUT2D eigenvalue weighted by atomic mass is 16.4. The van der Waals surface area contributed by atoms with E-state index in [1.54, 1.807) is 13.0 Å². The van der Waals surface area contributed by atoms with Crippen LogP contribution in [0.1, 0.15) is 13.3 Å². The summed E-state index contributed by atoms with van der Waals surface area (Å²) in [7, 11) is 0. The number of hydrogen-bond donors (Lipinski definition) is 2. The van der Waals surface area contributed by atoms with Crippen molar-refractivity contribution < 1.29 is 14.7 Å². The van der Waals surface area contributed by atoms with E-state index in [2.05, 4.69) is 6.58 Å². The molecule has 0 aromatic heterocycles. The predicted molar refractivity (Wildman–Crippen MR) is 56.2 cm³/mol. The Hall–Kier alpha value is -1.68. The fraction of sp³-hybridized carbons (Fsp3) is 0.273. The van der Waals surface area contributed by atoms with Crippen LogP contribution in [0.3, 0.4) is 0 Å². The van der Waals surface area contributed by atoms with E-state index in [0.29, 0.717) is 11.1 Å². The minimum atomic E-state index is -1.07. The van der Waals surface area contributed by atoms with Crippen molar-refractivity contribution in [3.8, 4) is 0 Å². The van der Waals surface area contributed by atoms with Gasteiger partial charge in [-0.2, -0.15) is 0 Å². The molecule has 3 N–H and O–H groups in total. The lowest BCUT2D eigenvalue weighted by Gasteiger charge is -2.13. The van der Waals surface area contributed by atoms with Crippen LogP contribution in [0.4, 0.5) is 0 Å². The van der Waals surface area contributed by atoms with Crippen LogP contribution in [0.5, 0.6) is 0 Å². The second kappa shape index (κ2) is 4.23. The summed E-state index contributed by atoms with van der Waals surface area (Å²) in [6, 6.07) is -0.973. The van der Waals surface area contributed by atoms with E-state index >= 15 is 0 Å². The maximum atomic E-state index is 11.4. The van der Waals surface area contributed by atoms with Crippen molar-refractivity contribution in [2.75, 3.05) is 0 Å². The van der Waals surface area contributed by atoms with Crippen LogP contribution in [0.25, 0.3) is 0 Å². The number of carboxylic acids is 1. The first-order valence-corrected chi connectivity index (χ1v) is 4.52. The number of allylic oxidation sites excluding steroid dienone is 4. The van der Waals surface area contributed by atoms with Gasteiger partial charge >= 0.3 is 5.97 Å². The molecule has 1 aliphatic carbocycles. The number of carbonyl (C=O) groups is 2. The van der Waals surface area contributed by atoms with E-state index in [1.165, 1.54) is 6.08 Å². The molecule has 0 amide bonds. The fourth-order valence-corrected chi connectivity index (χ4v) is 1.32. The van der Waals surface area contributed by atoms with Crippen LogP contribution in [0.2, 0.25) is 0 Å². The molecule has 0 aromatic rings. The Labute approximate surface area is 87.8 Å². The van der Waals surface area contributed by atoms with Gasteiger partial charge in [0.15, 0.2) is 5.78 Å². The third-order valence-electron chi connectivity index (χ3n) is 2.26. The first-order chi connectivity index (χ1) is 6.91. The number of rotatable bonds is 3. The number of ketones is 1. The van der Waals surface area contributed by atoms with E-state index in [0.717, 1.165) is 5.57 Å². The SMILES string of the molecule is C=C1C(=O)C=C(CC(N)C(=O)O)C=C1C. The van der Waals surface area contributed by atoms with Gasteiger partial charge in [-0.15, -0.1) is 0 Å². The van der Waals surface area contributed by atoms with E-state index in [9.17, 15) is 9.59 Å². The lowest BCUT2D eigenvalue weighted by Crippen LogP contribution is -2.30. The Kier molecular flexibility index (Phi) is 3.21. The fourth-order valence-electron chi connectivity index (χ4n) is 1.32. The summed E-state index contributed by atoms with van der Waals surface area (Å²) >= 11 is 0. The molecule has 4 nitrogen and oxygen atoms in total. The summed E-state index contributed by atoms with van der Waals surface area (Å²) in [5, 5.41) is 8.62. The highest BCUT2D eigenvalue weighted by Crippen LogP contribution is 2.21. The highest BCUT2D eigenvalue weighted by molar-refractivity contribution is 6.08. The molecule has 1 unspecified atom stereocenters. The summed E-state index contributed by atoms with van der Waals surface area (Å²) in [5.74, 6) is -1.25. The molecule has 0 aliphatic heterocycles. The van der Waals surface area contributed by atoms with Crippen molar-refractivity contribution in [1.82, 2.24) is 0 Å². The Balaban J connectivity index is 2.81. The largest absolute Gasteiger partial charge is 0.480 e. The molecule has 0 saturated heterocycles. The Morgan fingerprint density at radius 2 is 2.20 bits per heavy atom. The summed E-state index contributed by atoms with van der Waals surface area (Å²) in [6.07, 6.45) is 3.29. The van der Waals surface area contributed by atoms with Crippen LogP contribution in [-0.2, 0) is 9.59 Å². The van der Waals surface area contributed by atoms with Crippen molar-refractivity contribution in [2.24, 2.45) is 5.73 Å². The molecule has 1 rings (SSSR count). The van der Waals surface area contributed by atoms with Gasteiger partial charge in [0.2, 0.25) is 0 Å². The number of carbonyl (C=O) groups excluding carboxylic acids is 1. The average molecular weight is 207 g/mol. The first-order valence-electron chi connectivity index (χ1n) is 4.52. The van der Waals surface area contributed by atoms with Crippen molar-refractivity contribution in [3.63, 3.8) is 0 Å². The van der Waals surface area contributed by atoms with Gasteiger partial charge in [0.1, 0.15) is 6.04 Å². The van der Waals surface area contributed by atoms with E-state index in [-0.39, 0.29) is 12.2 Å². The lowest BCUT2D eigenvalue weighted by atomic mass is 9.92. The van der Waals surface area contributed by atoms with Crippen molar-refractivity contribution >= 4 is 11.8 Å². The molecule has 15 heavy (non-hydrogen) atoms. The van der Waals surface area contributed by atoms with Crippen molar-refractivity contribution in [1.29, 1.82) is 0 Å². The van der Waals surface area contributed by atoms with E-state index in [1.807, 2.05) is 0 Å². The van der Waals surface area contributed by atoms with Gasteiger partial charge in [-0.05, 0) is 30.6 Å². The number of nitrogens with two attached hydrogens (primary N) is 1. The van der Waals surface area contributed by atoms with Crippen LogP contribution in [0, 0.1) is 0 Å². The van der Waals surface area contributed by atoms with Gasteiger partial charge in [-0.3, -0.25) is 9.59 Å². The highest BCUT2D eigenvalue weighted by Gasteiger charge is 2.18. The zero-order valence-electron chi connectivity index (χ0n) is 8.49. The van der Waals surface area contributed by atoms with Gasteiger partial charge in [0, 0.05) is 5.57 Å². The molecular weight excluding hydrogens is 194 g/mol. The number of aliphatic carboxylic acids is 1. The summed E-state index contributed by atoms with van der Waals surface area (Å²) in [4.78, 5) is 21.9. The molecule has 0 spiro atoms. The molecule has 1 aliphatic rings. The molecule has 1 atom stereocenters. The van der Waals surface area contributed by atoms with E-state index < -0.39 is 12.0 Å². The molecule has 80 valence electrons. The minimum absolute atomic E-state index is 0.158. The summed E-state index contributed by atoms with van der Waals surface area (Å²) in [5.41, 5.74) is 7.21. The van der Waals surface area contributed by atoms with Crippen molar-refractivity contribution in [3.05, 3.63) is 35.5 Å². The molecular formula is C11H13NO3. The van der Waals surface area contributed by atoms with E-state index in [4.69, 9.17) is 10.8 Å². The topological polar surface area (TPSA) is 80.4 Å². The van der Waals surface area contributed by atoms with Gasteiger partial charge in [-0.25, -0.2) is 0 Å². The van der Waals surface area contributed by atoms with Gasteiger partial charge < -0.3 is 10.8 Å². The second-order valence-corrected chi connectivity index (χ2v) is 3.54. The quantitative estimate of drug-likeness (QED) is 0.671. The zero-order valence-corrected chi connectivity index (χ0v) is 8.49. The molecule has 0 saturated carbocycles. The monoisotopic (exact) mass is 207 g/mol. The lowest BCUT2D eigenvalue weighted by molar-refractivity contribution is -0.138. The number of hydrogen-bond acceptors (Lipinski definition) is 3. The van der Waals surface area contributed by atoms with Crippen LogP contribution >= 0.6 is 0 Å².